The van der Waals surface area contributed by atoms with Gasteiger partial charge in [0.2, 0.25) is 0 Å². The third-order valence-corrected chi connectivity index (χ3v) is 4.66. The Morgan fingerprint density at radius 3 is 0.750 bits per heavy atom. The van der Waals surface area contributed by atoms with Crippen molar-refractivity contribution in [2.45, 2.75) is 111 Å². The molecule has 10 heteroatoms. The fraction of sp³-hybridized carbons (Fsp3) is 1.00. The predicted octanol–water partition coefficient (Wildman–Crippen LogP) is 3.94. The molecule has 0 saturated heterocycles. The van der Waals surface area contributed by atoms with Crippen LogP contribution in [-0.4, -0.2) is 39.0 Å². The second-order valence-corrected chi connectivity index (χ2v) is 12.0. The van der Waals surface area contributed by atoms with Crippen LogP contribution in [0.2, 0.25) is 0 Å². The molecular formula is C18H39BiO3S6. The first-order valence-corrected chi connectivity index (χ1v) is 12.3. The number of hydrogen-bond acceptors (Lipinski definition) is 9. The zero-order valence-corrected chi connectivity index (χ0v) is 26.2. The minimum Gasteiger partial charge on any atom is -0.834 e. The molecule has 0 rings (SSSR count). The van der Waals surface area contributed by atoms with Crippen LogP contribution in [0.4, 0.5) is 0 Å². The van der Waals surface area contributed by atoms with Crippen LogP contribution in [0.3, 0.4) is 0 Å². The number of hydrogen-bond donors (Lipinski definition) is 6. The Morgan fingerprint density at radius 2 is 0.643 bits per heavy atom. The van der Waals surface area contributed by atoms with Gasteiger partial charge in [0.15, 0.2) is 0 Å². The number of rotatable bonds is 12. The van der Waals surface area contributed by atoms with E-state index in [1.807, 2.05) is 0 Å². The van der Waals surface area contributed by atoms with Gasteiger partial charge in [0.05, 0.1) is 0 Å². The Balaban J connectivity index is -0.000000152. The molecule has 0 aromatic heterocycles. The maximum atomic E-state index is 10.7. The van der Waals surface area contributed by atoms with Gasteiger partial charge in [-0.25, -0.2) is 0 Å². The first kappa shape index (κ1) is 38.1. The number of unbranched alkanes of at least 4 members (excludes halogenated alkanes) is 6. The van der Waals surface area contributed by atoms with Crippen LogP contribution in [0.1, 0.15) is 97.8 Å². The van der Waals surface area contributed by atoms with Crippen molar-refractivity contribution in [2.24, 2.45) is 0 Å². The summed E-state index contributed by atoms with van der Waals surface area (Å²) in [6.45, 7) is 6.30. The molecule has 0 aliphatic heterocycles. The van der Waals surface area contributed by atoms with Crippen molar-refractivity contribution in [2.75, 3.05) is 0 Å². The van der Waals surface area contributed by atoms with Crippen LogP contribution < -0.4 is 15.3 Å². The molecule has 0 fully saturated rings. The third kappa shape index (κ3) is 51.5. The van der Waals surface area contributed by atoms with Crippen molar-refractivity contribution in [3.05, 3.63) is 0 Å². The van der Waals surface area contributed by atoms with Crippen molar-refractivity contribution in [1.29, 1.82) is 0 Å². The summed E-state index contributed by atoms with van der Waals surface area (Å²) in [5, 5.41) is 32.1. The Hall–Kier alpha value is 2.86. The minimum absolute atomic E-state index is 0. The van der Waals surface area contributed by atoms with Crippen LogP contribution >= 0.6 is 75.8 Å². The van der Waals surface area contributed by atoms with E-state index in [0.29, 0.717) is 19.3 Å². The largest absolute Gasteiger partial charge is 3.00 e. The monoisotopic (exact) mass is 704 g/mol. The van der Waals surface area contributed by atoms with Gasteiger partial charge < -0.3 is 15.3 Å². The average Bonchev–Trinajstić information content (AvgIpc) is 2.46. The zero-order chi connectivity index (χ0) is 22.0. The fourth-order valence-electron chi connectivity index (χ4n) is 1.82. The van der Waals surface area contributed by atoms with Crippen molar-refractivity contribution in [1.82, 2.24) is 0 Å². The van der Waals surface area contributed by atoms with E-state index in [9.17, 15) is 15.3 Å². The Labute approximate surface area is 226 Å². The predicted molar refractivity (Wildman–Crippen MR) is 140 cm³/mol. The summed E-state index contributed by atoms with van der Waals surface area (Å²) < 4.78 is -3.93. The maximum absolute atomic E-state index is 10.7. The molecule has 28 heavy (non-hydrogen) atoms. The summed E-state index contributed by atoms with van der Waals surface area (Å²) in [5.74, 6) is 0. The molecule has 3 nitrogen and oxygen atoms in total. The van der Waals surface area contributed by atoms with Gasteiger partial charge in [0.1, 0.15) is 0 Å². The van der Waals surface area contributed by atoms with E-state index in [4.69, 9.17) is 0 Å². The molecule has 2 radical (unpaired) electrons. The van der Waals surface area contributed by atoms with Crippen LogP contribution in [0.15, 0.2) is 0 Å². The maximum Gasteiger partial charge on any atom is 3.00 e. The second-order valence-electron chi connectivity index (χ2n) is 6.60. The SMILES string of the molecule is CCCCCC([O-])(S)S.CCCCCC([O-])(S)S.CCCCCC([O-])(S)S.[Bi+3]. The van der Waals surface area contributed by atoms with E-state index in [1.54, 1.807) is 0 Å². The molecule has 0 saturated carbocycles. The molecule has 0 N–H and O–H groups in total. The third-order valence-electron chi connectivity index (χ3n) is 3.32. The quantitative estimate of drug-likeness (QED) is 0.0808. The van der Waals surface area contributed by atoms with Crippen molar-refractivity contribution >= 4 is 102 Å². The summed E-state index contributed by atoms with van der Waals surface area (Å²) in [7, 11) is 0. The average molecular weight is 705 g/mol. The Morgan fingerprint density at radius 1 is 0.464 bits per heavy atom. The normalized spacial score (nSPS) is 11.6. The summed E-state index contributed by atoms with van der Waals surface area (Å²) in [4.78, 5) is 0. The smallest absolute Gasteiger partial charge is 0.834 e. The second kappa shape index (κ2) is 23.0. The Bertz CT molecular complexity index is 258. The molecule has 170 valence electrons. The van der Waals surface area contributed by atoms with Crippen molar-refractivity contribution in [3.63, 3.8) is 0 Å². The van der Waals surface area contributed by atoms with E-state index < -0.39 is 12.8 Å². The Kier molecular flexibility index (Phi) is 31.4. The first-order chi connectivity index (χ1) is 12.2. The van der Waals surface area contributed by atoms with Crippen molar-refractivity contribution in [3.8, 4) is 0 Å². The molecule has 0 aromatic rings. The molecule has 0 heterocycles. The van der Waals surface area contributed by atoms with Gasteiger partial charge in [-0.05, 0) is 32.1 Å². The molecule has 0 unspecified atom stereocenters. The standard InChI is InChI=1S/3C6H13OS2.Bi/c3*1-2-3-4-5-6(7,8)9;/h3*8-9H,2-5H2,1H3;/q3*-1;+3. The van der Waals surface area contributed by atoms with Crippen LogP contribution in [-0.2, 0) is 0 Å². The minimum atomic E-state index is -1.31. The molecule has 0 aliphatic carbocycles. The summed E-state index contributed by atoms with van der Waals surface area (Å²) >= 11 is 22.4. The van der Waals surface area contributed by atoms with Crippen LogP contribution in [0, 0.1) is 0 Å². The molecule has 0 spiro atoms. The van der Waals surface area contributed by atoms with Gasteiger partial charge in [-0.2, -0.15) is 75.8 Å². The summed E-state index contributed by atoms with van der Waals surface area (Å²) in [5.41, 5.74) is 0. The molecule has 0 aliphatic rings. The molecular weight excluding hydrogens is 666 g/mol. The van der Waals surface area contributed by atoms with E-state index in [0.717, 1.165) is 57.8 Å². The van der Waals surface area contributed by atoms with Gasteiger partial charge in [-0.3, -0.25) is 0 Å². The van der Waals surface area contributed by atoms with E-state index in [-0.39, 0.29) is 26.2 Å². The van der Waals surface area contributed by atoms with E-state index in [2.05, 4.69) is 96.5 Å². The van der Waals surface area contributed by atoms with Gasteiger partial charge in [0, 0.05) is 0 Å². The zero-order valence-electron chi connectivity index (χ0n) is 17.3. The topological polar surface area (TPSA) is 69.2 Å². The summed E-state index contributed by atoms with van der Waals surface area (Å²) in [6.07, 6.45) is 11.2. The van der Waals surface area contributed by atoms with E-state index in [1.165, 1.54) is 0 Å². The van der Waals surface area contributed by atoms with Gasteiger partial charge in [0.25, 0.3) is 0 Å². The molecule has 0 bridgehead atoms. The summed E-state index contributed by atoms with van der Waals surface area (Å²) in [6, 6.07) is 0. The fourth-order valence-corrected chi connectivity index (χ4v) is 2.76. The van der Waals surface area contributed by atoms with Crippen molar-refractivity contribution < 1.29 is 15.3 Å². The van der Waals surface area contributed by atoms with Gasteiger partial charge in [-0.1, -0.05) is 78.6 Å². The molecule has 0 amide bonds. The first-order valence-electron chi connectivity index (χ1n) is 9.64. The van der Waals surface area contributed by atoms with Crippen LogP contribution in [0.25, 0.3) is 0 Å². The van der Waals surface area contributed by atoms with E-state index >= 15 is 0 Å². The van der Waals surface area contributed by atoms with Crippen LogP contribution in [0.5, 0.6) is 0 Å². The number of thiol groups is 6. The molecule has 0 aromatic carbocycles. The van der Waals surface area contributed by atoms with Gasteiger partial charge in [-0.15, -0.1) is 0 Å². The molecule has 0 atom stereocenters. The van der Waals surface area contributed by atoms with Gasteiger partial charge >= 0.3 is 26.2 Å².